The number of hydrogen-bond acceptors (Lipinski definition) is 5. The van der Waals surface area contributed by atoms with E-state index in [0.717, 1.165) is 24.8 Å². The number of rotatable bonds is 2. The van der Waals surface area contributed by atoms with Gasteiger partial charge in [-0.15, -0.1) is 0 Å². The first kappa shape index (κ1) is 11.1. The minimum atomic E-state index is 0.669. The van der Waals surface area contributed by atoms with E-state index in [1.807, 2.05) is 6.07 Å². The highest BCUT2D eigenvalue weighted by Crippen LogP contribution is 2.21. The van der Waals surface area contributed by atoms with Gasteiger partial charge in [0.15, 0.2) is 0 Å². The fourth-order valence-corrected chi connectivity index (χ4v) is 2.09. The lowest BCUT2D eigenvalue weighted by Gasteiger charge is -2.21. The standard InChI is InChI=1S/C11H19N5/c1-9-3-2-5-16(6-4-9)11-7-10(15-12)13-8-14-11/h7-9H,2-6,12H2,1H3,(H,13,14,15). The van der Waals surface area contributed by atoms with Crippen LogP contribution < -0.4 is 16.2 Å². The maximum Gasteiger partial charge on any atom is 0.145 e. The van der Waals surface area contributed by atoms with Crippen molar-refractivity contribution in [3.05, 3.63) is 12.4 Å². The monoisotopic (exact) mass is 221 g/mol. The second-order valence-electron chi connectivity index (χ2n) is 4.43. The van der Waals surface area contributed by atoms with Gasteiger partial charge in [0.1, 0.15) is 18.0 Å². The summed E-state index contributed by atoms with van der Waals surface area (Å²) in [6.45, 7) is 4.46. The highest BCUT2D eigenvalue weighted by atomic mass is 15.3. The minimum absolute atomic E-state index is 0.669. The van der Waals surface area contributed by atoms with E-state index >= 15 is 0 Å². The molecule has 3 N–H and O–H groups in total. The van der Waals surface area contributed by atoms with Gasteiger partial charge in [-0.25, -0.2) is 15.8 Å². The van der Waals surface area contributed by atoms with Crippen molar-refractivity contribution in [2.24, 2.45) is 11.8 Å². The molecule has 88 valence electrons. The van der Waals surface area contributed by atoms with Crippen LogP contribution in [0.5, 0.6) is 0 Å². The fourth-order valence-electron chi connectivity index (χ4n) is 2.09. The van der Waals surface area contributed by atoms with E-state index in [4.69, 9.17) is 5.84 Å². The van der Waals surface area contributed by atoms with E-state index < -0.39 is 0 Å². The van der Waals surface area contributed by atoms with Crippen LogP contribution in [0.15, 0.2) is 12.4 Å². The SMILES string of the molecule is CC1CCCN(c2cc(NN)ncn2)CC1. The van der Waals surface area contributed by atoms with Crippen LogP contribution >= 0.6 is 0 Å². The Morgan fingerprint density at radius 1 is 1.38 bits per heavy atom. The molecule has 1 aromatic rings. The van der Waals surface area contributed by atoms with Gasteiger partial charge in [-0.1, -0.05) is 6.92 Å². The van der Waals surface area contributed by atoms with Crippen LogP contribution in [-0.4, -0.2) is 23.1 Å². The van der Waals surface area contributed by atoms with E-state index in [1.165, 1.54) is 19.3 Å². The summed E-state index contributed by atoms with van der Waals surface area (Å²) < 4.78 is 0. The summed E-state index contributed by atoms with van der Waals surface area (Å²) in [4.78, 5) is 10.6. The molecule has 0 spiro atoms. The zero-order valence-corrected chi connectivity index (χ0v) is 9.69. The fraction of sp³-hybridized carbons (Fsp3) is 0.636. The zero-order chi connectivity index (χ0) is 11.4. The third kappa shape index (κ3) is 2.61. The van der Waals surface area contributed by atoms with Crippen LogP contribution in [0.25, 0.3) is 0 Å². The van der Waals surface area contributed by atoms with Gasteiger partial charge >= 0.3 is 0 Å². The molecule has 1 aliphatic heterocycles. The number of nitrogen functional groups attached to an aromatic ring is 1. The van der Waals surface area contributed by atoms with Crippen LogP contribution in [0.4, 0.5) is 11.6 Å². The molecule has 5 heteroatoms. The zero-order valence-electron chi connectivity index (χ0n) is 9.69. The number of hydrazine groups is 1. The summed E-state index contributed by atoms with van der Waals surface area (Å²) in [5, 5.41) is 0. The summed E-state index contributed by atoms with van der Waals surface area (Å²) in [5.41, 5.74) is 2.55. The lowest BCUT2D eigenvalue weighted by Crippen LogP contribution is -2.25. The minimum Gasteiger partial charge on any atom is -0.356 e. The Hall–Kier alpha value is -1.36. The van der Waals surface area contributed by atoms with Gasteiger partial charge in [-0.2, -0.15) is 0 Å². The molecule has 0 aromatic carbocycles. The van der Waals surface area contributed by atoms with Crippen LogP contribution in [0.2, 0.25) is 0 Å². The molecule has 5 nitrogen and oxygen atoms in total. The Morgan fingerprint density at radius 3 is 3.06 bits per heavy atom. The maximum atomic E-state index is 5.34. The van der Waals surface area contributed by atoms with E-state index in [-0.39, 0.29) is 0 Å². The summed E-state index contributed by atoms with van der Waals surface area (Å²) >= 11 is 0. The predicted molar refractivity (Wildman–Crippen MR) is 65.1 cm³/mol. The van der Waals surface area contributed by atoms with Crippen LogP contribution in [-0.2, 0) is 0 Å². The lowest BCUT2D eigenvalue weighted by molar-refractivity contribution is 0.521. The summed E-state index contributed by atoms with van der Waals surface area (Å²) in [6, 6.07) is 1.90. The molecular weight excluding hydrogens is 202 g/mol. The first-order chi connectivity index (χ1) is 7.79. The highest BCUT2D eigenvalue weighted by Gasteiger charge is 2.15. The van der Waals surface area contributed by atoms with Crippen molar-refractivity contribution in [3.8, 4) is 0 Å². The van der Waals surface area contributed by atoms with Crippen LogP contribution in [0.1, 0.15) is 26.2 Å². The Morgan fingerprint density at radius 2 is 2.25 bits per heavy atom. The van der Waals surface area contributed by atoms with Gasteiger partial charge in [0, 0.05) is 19.2 Å². The molecule has 1 aliphatic rings. The smallest absolute Gasteiger partial charge is 0.145 e. The molecule has 2 heterocycles. The molecule has 1 saturated heterocycles. The van der Waals surface area contributed by atoms with Crippen molar-refractivity contribution in [1.29, 1.82) is 0 Å². The van der Waals surface area contributed by atoms with Crippen LogP contribution in [0, 0.1) is 5.92 Å². The summed E-state index contributed by atoms with van der Waals surface area (Å²) in [5.74, 6) is 7.80. The Bertz CT molecular complexity index is 341. The topological polar surface area (TPSA) is 67.1 Å². The first-order valence-electron chi connectivity index (χ1n) is 5.83. The van der Waals surface area contributed by atoms with Crippen molar-refractivity contribution in [2.45, 2.75) is 26.2 Å². The average molecular weight is 221 g/mol. The molecule has 1 unspecified atom stereocenters. The summed E-state index contributed by atoms with van der Waals surface area (Å²) in [7, 11) is 0. The first-order valence-corrected chi connectivity index (χ1v) is 5.83. The van der Waals surface area contributed by atoms with Crippen molar-refractivity contribution >= 4 is 11.6 Å². The van der Waals surface area contributed by atoms with Gasteiger partial charge in [0.05, 0.1) is 0 Å². The molecule has 2 rings (SSSR count). The van der Waals surface area contributed by atoms with Gasteiger partial charge in [0.25, 0.3) is 0 Å². The number of nitrogens with zero attached hydrogens (tertiary/aromatic N) is 3. The van der Waals surface area contributed by atoms with Gasteiger partial charge in [0.2, 0.25) is 0 Å². The van der Waals surface area contributed by atoms with Crippen molar-refractivity contribution < 1.29 is 0 Å². The Kier molecular flexibility index (Phi) is 3.56. The molecule has 0 saturated carbocycles. The number of hydrogen-bond donors (Lipinski definition) is 2. The second-order valence-corrected chi connectivity index (χ2v) is 4.43. The highest BCUT2D eigenvalue weighted by molar-refractivity contribution is 5.47. The molecular formula is C11H19N5. The second kappa shape index (κ2) is 5.12. The molecule has 1 atom stereocenters. The van der Waals surface area contributed by atoms with E-state index in [9.17, 15) is 0 Å². The van der Waals surface area contributed by atoms with E-state index in [1.54, 1.807) is 6.33 Å². The number of aromatic nitrogens is 2. The molecule has 0 radical (unpaired) electrons. The molecule has 1 fully saturated rings. The van der Waals surface area contributed by atoms with Crippen molar-refractivity contribution in [3.63, 3.8) is 0 Å². The number of nitrogens with two attached hydrogens (primary N) is 1. The maximum absolute atomic E-state index is 5.34. The third-order valence-electron chi connectivity index (χ3n) is 3.14. The molecule has 0 amide bonds. The molecule has 0 aliphatic carbocycles. The lowest BCUT2D eigenvalue weighted by atomic mass is 10.0. The Labute approximate surface area is 96.0 Å². The normalized spacial score (nSPS) is 21.6. The average Bonchev–Trinajstić information content (AvgIpc) is 2.54. The predicted octanol–water partition coefficient (Wildman–Crippen LogP) is 1.39. The van der Waals surface area contributed by atoms with Gasteiger partial charge in [-0.3, -0.25) is 0 Å². The van der Waals surface area contributed by atoms with Crippen molar-refractivity contribution in [1.82, 2.24) is 9.97 Å². The van der Waals surface area contributed by atoms with Crippen molar-refractivity contribution in [2.75, 3.05) is 23.4 Å². The van der Waals surface area contributed by atoms with Gasteiger partial charge < -0.3 is 10.3 Å². The summed E-state index contributed by atoms with van der Waals surface area (Å²) in [6.07, 6.45) is 5.33. The largest absolute Gasteiger partial charge is 0.356 e. The number of anilines is 2. The van der Waals surface area contributed by atoms with E-state index in [0.29, 0.717) is 5.82 Å². The van der Waals surface area contributed by atoms with Gasteiger partial charge in [-0.05, 0) is 25.2 Å². The van der Waals surface area contributed by atoms with Crippen LogP contribution in [0.3, 0.4) is 0 Å². The third-order valence-corrected chi connectivity index (χ3v) is 3.14. The van der Waals surface area contributed by atoms with E-state index in [2.05, 4.69) is 27.2 Å². The Balaban J connectivity index is 2.10. The quantitative estimate of drug-likeness (QED) is 0.583. The molecule has 0 bridgehead atoms. The molecule has 16 heavy (non-hydrogen) atoms. The number of nitrogens with one attached hydrogen (secondary N) is 1. The molecule has 1 aromatic heterocycles.